The van der Waals surface area contributed by atoms with E-state index in [0.29, 0.717) is 17.6 Å². The van der Waals surface area contributed by atoms with Gasteiger partial charge in [0.25, 0.3) is 0 Å². The molecule has 9 heteroatoms. The molecule has 1 aliphatic carbocycles. The maximum Gasteiger partial charge on any atom is 0.231 e. The van der Waals surface area contributed by atoms with Crippen molar-refractivity contribution in [1.29, 1.82) is 0 Å². The van der Waals surface area contributed by atoms with Crippen LogP contribution in [0.4, 0.5) is 17.5 Å². The first kappa shape index (κ1) is 22.9. The molecule has 2 aromatic heterocycles. The number of nitrogens with one attached hydrogen (secondary N) is 3. The number of aromatic nitrogens is 4. The second-order valence-electron chi connectivity index (χ2n) is 9.59. The van der Waals surface area contributed by atoms with E-state index in [4.69, 9.17) is 14.5 Å². The summed E-state index contributed by atoms with van der Waals surface area (Å²) in [6.07, 6.45) is 8.31. The third-order valence-corrected chi connectivity index (χ3v) is 6.65. The summed E-state index contributed by atoms with van der Waals surface area (Å²) >= 11 is 0. The number of imidazole rings is 1. The smallest absolute Gasteiger partial charge is 0.231 e. The van der Waals surface area contributed by atoms with E-state index in [1.165, 1.54) is 37.7 Å². The topological polar surface area (TPSA) is 100 Å². The zero-order valence-corrected chi connectivity index (χ0v) is 20.3. The third kappa shape index (κ3) is 5.26. The van der Waals surface area contributed by atoms with Crippen molar-refractivity contribution in [1.82, 2.24) is 24.8 Å². The van der Waals surface area contributed by atoms with E-state index in [9.17, 15) is 0 Å². The number of morpholine rings is 1. The summed E-state index contributed by atoms with van der Waals surface area (Å²) in [6.45, 7) is 6.98. The van der Waals surface area contributed by atoms with Crippen LogP contribution < -0.4 is 15.4 Å². The van der Waals surface area contributed by atoms with Crippen LogP contribution in [0.25, 0.3) is 11.2 Å². The molecule has 9 nitrogen and oxygen atoms in total. The molecule has 1 saturated heterocycles. The van der Waals surface area contributed by atoms with E-state index in [-0.39, 0.29) is 12.2 Å². The van der Waals surface area contributed by atoms with Gasteiger partial charge in [0.15, 0.2) is 11.5 Å². The predicted octanol–water partition coefficient (Wildman–Crippen LogP) is 4.46. The molecule has 0 bridgehead atoms. The van der Waals surface area contributed by atoms with Gasteiger partial charge in [-0.15, -0.1) is 0 Å². The highest BCUT2D eigenvalue weighted by atomic mass is 16.5. The molecule has 34 heavy (non-hydrogen) atoms. The molecule has 1 aromatic carbocycles. The van der Waals surface area contributed by atoms with E-state index < -0.39 is 0 Å². The Morgan fingerprint density at radius 1 is 1.12 bits per heavy atom. The molecule has 3 aromatic rings. The summed E-state index contributed by atoms with van der Waals surface area (Å²) in [4.78, 5) is 19.4. The van der Waals surface area contributed by atoms with Gasteiger partial charge in [-0.25, -0.2) is 4.98 Å². The molecule has 1 aliphatic heterocycles. The molecule has 2 atom stereocenters. The molecule has 2 fully saturated rings. The van der Waals surface area contributed by atoms with Crippen molar-refractivity contribution in [3.63, 3.8) is 0 Å². The van der Waals surface area contributed by atoms with Crippen LogP contribution in [-0.4, -0.2) is 63.3 Å². The highest BCUT2D eigenvalue weighted by Crippen LogP contribution is 2.31. The Labute approximate surface area is 200 Å². The van der Waals surface area contributed by atoms with Crippen molar-refractivity contribution in [2.45, 2.75) is 70.7 Å². The Morgan fingerprint density at radius 2 is 1.91 bits per heavy atom. The fraction of sp³-hybridized carbons (Fsp3) is 0.560. The van der Waals surface area contributed by atoms with Crippen molar-refractivity contribution < 1.29 is 9.47 Å². The van der Waals surface area contributed by atoms with E-state index in [2.05, 4.69) is 56.5 Å². The maximum absolute atomic E-state index is 5.86. The fourth-order valence-corrected chi connectivity index (χ4v) is 5.16. The number of ether oxygens (including phenoxy) is 2. The lowest BCUT2D eigenvalue weighted by Gasteiger charge is -2.35. The van der Waals surface area contributed by atoms with Gasteiger partial charge in [-0.1, -0.05) is 25.3 Å². The first-order valence-electron chi connectivity index (χ1n) is 12.4. The first-order valence-corrected chi connectivity index (χ1v) is 12.4. The Morgan fingerprint density at radius 3 is 2.68 bits per heavy atom. The van der Waals surface area contributed by atoms with Gasteiger partial charge in [0, 0.05) is 25.7 Å². The van der Waals surface area contributed by atoms with Crippen molar-refractivity contribution in [3.8, 4) is 5.75 Å². The minimum absolute atomic E-state index is 0.247. The monoisotopic (exact) mass is 465 g/mol. The Kier molecular flexibility index (Phi) is 6.82. The van der Waals surface area contributed by atoms with Crippen LogP contribution in [-0.2, 0) is 11.3 Å². The zero-order valence-electron chi connectivity index (χ0n) is 20.3. The SMILES string of the molecule is COc1cc(CN2C[C@@H](C)O[C@@H](C)C2)ccc1Nc1nc(NC2CCCCC2)c2[nH]cnc2n1. The molecule has 5 rings (SSSR count). The highest BCUT2D eigenvalue weighted by molar-refractivity contribution is 5.84. The molecule has 0 amide bonds. The molecule has 0 radical (unpaired) electrons. The van der Waals surface area contributed by atoms with Crippen LogP contribution in [0.5, 0.6) is 5.75 Å². The molecule has 2 aliphatic rings. The molecular formula is C25H35N7O2. The van der Waals surface area contributed by atoms with E-state index in [1.807, 2.05) is 6.07 Å². The maximum atomic E-state index is 5.86. The van der Waals surface area contributed by atoms with E-state index >= 15 is 0 Å². The normalized spacial score (nSPS) is 22.1. The van der Waals surface area contributed by atoms with Crippen LogP contribution in [0, 0.1) is 0 Å². The standard InChI is InChI=1S/C25H35N7O2/c1-16-12-32(13-17(2)34-16)14-18-9-10-20(21(11-18)33-3)29-25-30-23-22(26-15-27-23)24(31-25)28-19-7-5-4-6-8-19/h9-11,15-17,19H,4-8,12-14H2,1-3H3,(H3,26,27,28,29,30,31)/t16-,17+. The summed E-state index contributed by atoms with van der Waals surface area (Å²) in [5.74, 6) is 2.06. The van der Waals surface area contributed by atoms with Crippen LogP contribution in [0.1, 0.15) is 51.5 Å². The van der Waals surface area contributed by atoms with Crippen LogP contribution in [0.15, 0.2) is 24.5 Å². The van der Waals surface area contributed by atoms with Gasteiger partial charge in [0.2, 0.25) is 5.95 Å². The lowest BCUT2D eigenvalue weighted by molar-refractivity contribution is -0.0704. The van der Waals surface area contributed by atoms with Gasteiger partial charge in [0.1, 0.15) is 11.3 Å². The first-order chi connectivity index (χ1) is 16.6. The summed E-state index contributed by atoms with van der Waals surface area (Å²) in [7, 11) is 1.69. The largest absolute Gasteiger partial charge is 0.495 e. The summed E-state index contributed by atoms with van der Waals surface area (Å²) in [6, 6.07) is 6.68. The number of benzene rings is 1. The molecular weight excluding hydrogens is 430 g/mol. The molecule has 3 N–H and O–H groups in total. The second-order valence-corrected chi connectivity index (χ2v) is 9.59. The van der Waals surface area contributed by atoms with Crippen molar-refractivity contribution in [3.05, 3.63) is 30.1 Å². The van der Waals surface area contributed by atoms with Gasteiger partial charge in [0.05, 0.1) is 31.3 Å². The Hall–Kier alpha value is -2.91. The number of aromatic amines is 1. The van der Waals surface area contributed by atoms with Crippen LogP contribution >= 0.6 is 0 Å². The number of H-pyrrole nitrogens is 1. The van der Waals surface area contributed by atoms with Crippen molar-refractivity contribution in [2.75, 3.05) is 30.8 Å². The second kappa shape index (κ2) is 10.1. The molecule has 0 spiro atoms. The molecule has 1 saturated carbocycles. The van der Waals surface area contributed by atoms with E-state index in [0.717, 1.165) is 42.4 Å². The summed E-state index contributed by atoms with van der Waals surface area (Å²) in [5.41, 5.74) is 3.51. The predicted molar refractivity (Wildman–Crippen MR) is 134 cm³/mol. The minimum Gasteiger partial charge on any atom is -0.495 e. The average Bonchev–Trinajstić information content (AvgIpc) is 3.29. The Bertz CT molecular complexity index is 1100. The number of nitrogens with zero attached hydrogens (tertiary/aromatic N) is 4. The third-order valence-electron chi connectivity index (χ3n) is 6.65. The minimum atomic E-state index is 0.247. The number of rotatable bonds is 7. The number of anilines is 3. The van der Waals surface area contributed by atoms with Gasteiger partial charge >= 0.3 is 0 Å². The van der Waals surface area contributed by atoms with Gasteiger partial charge in [-0.3, -0.25) is 4.90 Å². The number of fused-ring (bicyclic) bond motifs is 1. The van der Waals surface area contributed by atoms with E-state index in [1.54, 1.807) is 13.4 Å². The summed E-state index contributed by atoms with van der Waals surface area (Å²) < 4.78 is 11.6. The summed E-state index contributed by atoms with van der Waals surface area (Å²) in [5, 5.41) is 6.97. The molecule has 182 valence electrons. The average molecular weight is 466 g/mol. The number of methoxy groups -OCH3 is 1. The number of hydrogen-bond donors (Lipinski definition) is 3. The lowest BCUT2D eigenvalue weighted by Crippen LogP contribution is -2.44. The van der Waals surface area contributed by atoms with Gasteiger partial charge < -0.3 is 25.1 Å². The van der Waals surface area contributed by atoms with Crippen molar-refractivity contribution in [2.24, 2.45) is 0 Å². The molecule has 3 heterocycles. The lowest BCUT2D eigenvalue weighted by atomic mass is 9.95. The zero-order chi connectivity index (χ0) is 23.5. The van der Waals surface area contributed by atoms with Gasteiger partial charge in [-0.05, 0) is 44.4 Å². The fourth-order valence-electron chi connectivity index (χ4n) is 5.16. The number of hydrogen-bond acceptors (Lipinski definition) is 8. The quantitative estimate of drug-likeness (QED) is 0.470. The van der Waals surface area contributed by atoms with Crippen molar-refractivity contribution >= 4 is 28.6 Å². The van der Waals surface area contributed by atoms with Crippen LogP contribution in [0.3, 0.4) is 0 Å². The molecule has 0 unspecified atom stereocenters. The van der Waals surface area contributed by atoms with Crippen LogP contribution in [0.2, 0.25) is 0 Å². The van der Waals surface area contributed by atoms with Gasteiger partial charge in [-0.2, -0.15) is 9.97 Å². The highest BCUT2D eigenvalue weighted by Gasteiger charge is 2.22. The Balaban J connectivity index is 1.34.